The Morgan fingerprint density at radius 3 is 2.57 bits per heavy atom. The fourth-order valence-corrected chi connectivity index (χ4v) is 2.17. The minimum absolute atomic E-state index is 0.121. The summed E-state index contributed by atoms with van der Waals surface area (Å²) in [7, 11) is 1.60. The van der Waals surface area contributed by atoms with Gasteiger partial charge in [-0.3, -0.25) is 4.99 Å². The summed E-state index contributed by atoms with van der Waals surface area (Å²) < 4.78 is 43.8. The summed E-state index contributed by atoms with van der Waals surface area (Å²) >= 11 is 0. The maximum absolute atomic E-state index is 12.7. The van der Waals surface area contributed by atoms with Gasteiger partial charge in [-0.15, -0.1) is 0 Å². The van der Waals surface area contributed by atoms with Crippen LogP contribution in [0.2, 0.25) is 0 Å². The predicted octanol–water partition coefficient (Wildman–Crippen LogP) is 3.71. The Balaban J connectivity index is 1.87. The van der Waals surface area contributed by atoms with Crippen LogP contribution in [0.5, 0.6) is 0 Å². The summed E-state index contributed by atoms with van der Waals surface area (Å²) in [5.74, 6) is 7.29. The normalized spacial score (nSPS) is 12.3. The molecule has 0 fully saturated rings. The number of aliphatic imine (C=N–C) groups is 1. The third-order valence-corrected chi connectivity index (χ3v) is 3.69. The van der Waals surface area contributed by atoms with E-state index in [0.717, 1.165) is 17.9 Å². The number of hydrogen-bond acceptors (Lipinski definition) is 3. The molecule has 5 nitrogen and oxygen atoms in total. The van der Waals surface area contributed by atoms with Crippen LogP contribution in [0, 0.1) is 11.8 Å². The third kappa shape index (κ3) is 6.34. The zero-order chi connectivity index (χ0) is 20.8. The number of oxazole rings is 1. The van der Waals surface area contributed by atoms with Crippen LogP contribution in [-0.4, -0.2) is 24.5 Å². The number of hydrogen-bond donors (Lipinski definition) is 2. The number of guanidine groups is 1. The van der Waals surface area contributed by atoms with Gasteiger partial charge in [0, 0.05) is 18.0 Å². The van der Waals surface area contributed by atoms with Crippen LogP contribution >= 0.6 is 0 Å². The Hall–Kier alpha value is -2.95. The lowest BCUT2D eigenvalue weighted by molar-refractivity contribution is -0.137. The molecule has 0 spiro atoms. The van der Waals surface area contributed by atoms with Crippen LogP contribution in [0.3, 0.4) is 0 Å². The molecule has 0 bridgehead atoms. The quantitative estimate of drug-likeness (QED) is 0.475. The van der Waals surface area contributed by atoms with Gasteiger partial charge in [0.25, 0.3) is 0 Å². The first-order chi connectivity index (χ1) is 13.1. The van der Waals surface area contributed by atoms with Crippen LogP contribution in [-0.2, 0) is 18.1 Å². The van der Waals surface area contributed by atoms with Crippen molar-refractivity contribution in [3.05, 3.63) is 53.2 Å². The van der Waals surface area contributed by atoms with E-state index in [1.807, 2.05) is 20.8 Å². The topological polar surface area (TPSA) is 62.5 Å². The van der Waals surface area contributed by atoms with Crippen molar-refractivity contribution in [2.24, 2.45) is 4.99 Å². The van der Waals surface area contributed by atoms with Gasteiger partial charge < -0.3 is 15.1 Å². The monoisotopic (exact) mass is 392 g/mol. The summed E-state index contributed by atoms with van der Waals surface area (Å²) in [5.41, 5.74) is -0.538. The summed E-state index contributed by atoms with van der Waals surface area (Å²) in [6.45, 7) is 6.67. The highest BCUT2D eigenvalue weighted by Crippen LogP contribution is 2.29. The predicted molar refractivity (Wildman–Crippen MR) is 102 cm³/mol. The van der Waals surface area contributed by atoms with Crippen LogP contribution in [0.4, 0.5) is 13.2 Å². The van der Waals surface area contributed by atoms with Crippen LogP contribution in [0.15, 0.2) is 39.9 Å². The van der Waals surface area contributed by atoms with Crippen molar-refractivity contribution in [2.45, 2.75) is 38.9 Å². The highest BCUT2D eigenvalue weighted by Gasteiger charge is 2.30. The van der Waals surface area contributed by atoms with Gasteiger partial charge in [0.05, 0.1) is 24.8 Å². The molecule has 150 valence electrons. The Bertz CT molecular complexity index is 883. The molecule has 0 aliphatic rings. The second-order valence-corrected chi connectivity index (χ2v) is 7.03. The van der Waals surface area contributed by atoms with E-state index in [9.17, 15) is 13.2 Å². The van der Waals surface area contributed by atoms with Crippen LogP contribution < -0.4 is 10.6 Å². The van der Waals surface area contributed by atoms with Gasteiger partial charge in [-0.25, -0.2) is 4.98 Å². The number of alkyl halides is 3. The number of rotatable bonds is 3. The Labute approximate surface area is 162 Å². The molecular weight excluding hydrogens is 369 g/mol. The number of benzene rings is 1. The summed E-state index contributed by atoms with van der Waals surface area (Å²) in [6.07, 6.45) is -2.68. The first-order valence-corrected chi connectivity index (χ1v) is 8.65. The average Bonchev–Trinajstić information content (AvgIpc) is 3.10. The summed E-state index contributed by atoms with van der Waals surface area (Å²) in [4.78, 5) is 8.28. The fraction of sp³-hybridized carbons (Fsp3) is 0.400. The van der Waals surface area contributed by atoms with Gasteiger partial charge in [-0.2, -0.15) is 13.2 Å². The van der Waals surface area contributed by atoms with Crippen molar-refractivity contribution in [1.82, 2.24) is 15.6 Å². The zero-order valence-electron chi connectivity index (χ0n) is 16.2. The minimum Gasteiger partial charge on any atom is -0.443 e. The molecule has 0 amide bonds. The van der Waals surface area contributed by atoms with Crippen molar-refractivity contribution in [3.63, 3.8) is 0 Å². The van der Waals surface area contributed by atoms with E-state index in [2.05, 4.69) is 32.5 Å². The highest BCUT2D eigenvalue weighted by molar-refractivity contribution is 5.79. The lowest BCUT2D eigenvalue weighted by atomic mass is 9.94. The Morgan fingerprint density at radius 1 is 1.21 bits per heavy atom. The first kappa shape index (κ1) is 21.4. The van der Waals surface area contributed by atoms with E-state index < -0.39 is 11.7 Å². The largest absolute Gasteiger partial charge is 0.443 e. The maximum atomic E-state index is 12.7. The molecule has 8 heteroatoms. The summed E-state index contributed by atoms with van der Waals surface area (Å²) in [6, 6.07) is 4.91. The van der Waals surface area contributed by atoms with Gasteiger partial charge in [0.1, 0.15) is 5.76 Å². The fourth-order valence-electron chi connectivity index (χ4n) is 2.17. The van der Waals surface area contributed by atoms with Crippen molar-refractivity contribution in [1.29, 1.82) is 0 Å². The molecule has 0 saturated heterocycles. The molecule has 2 N–H and O–H groups in total. The molecule has 1 aromatic carbocycles. The van der Waals surface area contributed by atoms with E-state index in [-0.39, 0.29) is 12.0 Å². The molecule has 0 atom stereocenters. The molecule has 2 aromatic rings. The molecule has 1 aromatic heterocycles. The number of nitrogens with zero attached hydrogens (tertiary/aromatic N) is 2. The van der Waals surface area contributed by atoms with Gasteiger partial charge in [-0.05, 0) is 18.2 Å². The van der Waals surface area contributed by atoms with E-state index >= 15 is 0 Å². The standard InChI is InChI=1S/C20H23F3N4O/c1-19(2,3)16-12-26-17(28-16)13-27-18(24-4)25-10-6-8-14-7-5-9-15(11-14)20(21,22)23/h5,7,9,11-12H,10,13H2,1-4H3,(H2,24,25,27). The van der Waals surface area contributed by atoms with Gasteiger partial charge in [0.15, 0.2) is 5.96 Å². The Kier molecular flexibility index (Phi) is 6.73. The Morgan fingerprint density at radius 2 is 1.96 bits per heavy atom. The van der Waals surface area contributed by atoms with E-state index in [1.54, 1.807) is 13.2 Å². The van der Waals surface area contributed by atoms with Crippen LogP contribution in [0.1, 0.15) is 43.5 Å². The van der Waals surface area contributed by atoms with Crippen molar-refractivity contribution in [3.8, 4) is 11.8 Å². The van der Waals surface area contributed by atoms with Gasteiger partial charge in [0.2, 0.25) is 5.89 Å². The molecule has 0 unspecified atom stereocenters. The van der Waals surface area contributed by atoms with Crippen molar-refractivity contribution >= 4 is 5.96 Å². The SMILES string of the molecule is CN=C(NCC#Cc1cccc(C(F)(F)F)c1)NCc1ncc(C(C)(C)C)o1. The second-order valence-electron chi connectivity index (χ2n) is 7.03. The van der Waals surface area contributed by atoms with Crippen molar-refractivity contribution < 1.29 is 17.6 Å². The van der Waals surface area contributed by atoms with Crippen LogP contribution in [0.25, 0.3) is 0 Å². The van der Waals surface area contributed by atoms with Gasteiger partial charge >= 0.3 is 6.18 Å². The molecule has 0 radical (unpaired) electrons. The van der Waals surface area contributed by atoms with E-state index in [1.165, 1.54) is 12.1 Å². The van der Waals surface area contributed by atoms with Gasteiger partial charge in [-0.1, -0.05) is 38.7 Å². The molecule has 0 aliphatic heterocycles. The smallest absolute Gasteiger partial charge is 0.416 e. The highest BCUT2D eigenvalue weighted by atomic mass is 19.4. The van der Waals surface area contributed by atoms with E-state index in [4.69, 9.17) is 4.42 Å². The minimum atomic E-state index is -4.38. The molecule has 28 heavy (non-hydrogen) atoms. The molecule has 2 rings (SSSR count). The first-order valence-electron chi connectivity index (χ1n) is 8.65. The molecule has 0 aliphatic carbocycles. The van der Waals surface area contributed by atoms with Crippen molar-refractivity contribution in [2.75, 3.05) is 13.6 Å². The lowest BCUT2D eigenvalue weighted by Crippen LogP contribution is -2.37. The molecular formula is C20H23F3N4O. The molecule has 0 saturated carbocycles. The number of aromatic nitrogens is 1. The summed E-state index contributed by atoms with van der Waals surface area (Å²) in [5, 5.41) is 6.01. The second kappa shape index (κ2) is 8.83. The lowest BCUT2D eigenvalue weighted by Gasteiger charge is -2.13. The zero-order valence-corrected chi connectivity index (χ0v) is 16.2. The third-order valence-electron chi connectivity index (χ3n) is 3.69. The number of halogens is 3. The maximum Gasteiger partial charge on any atom is 0.416 e. The average molecular weight is 392 g/mol. The molecule has 1 heterocycles. The van der Waals surface area contributed by atoms with E-state index in [0.29, 0.717) is 24.0 Å². The number of nitrogens with one attached hydrogen (secondary N) is 2.